The van der Waals surface area contributed by atoms with Crippen LogP contribution < -0.4 is 9.80 Å². The summed E-state index contributed by atoms with van der Waals surface area (Å²) in [6, 6.07) is 23.5. The number of hydrogen-bond donors (Lipinski definition) is 0. The van der Waals surface area contributed by atoms with Gasteiger partial charge < -0.3 is 0 Å². The second kappa shape index (κ2) is 12.7. The Hall–Kier alpha value is -5.86. The molecule has 0 radical (unpaired) electrons. The largest absolute Gasteiger partial charge is 0.273 e. The molecule has 4 aromatic rings. The number of hydrogen-bond acceptors (Lipinski definition) is 8. The molecule has 2 heterocycles. The summed E-state index contributed by atoms with van der Waals surface area (Å²) in [7, 11) is 0. The summed E-state index contributed by atoms with van der Waals surface area (Å²) in [6.07, 6.45) is 0. The van der Waals surface area contributed by atoms with Gasteiger partial charge in [0.15, 0.2) is 10.2 Å². The van der Waals surface area contributed by atoms with Crippen molar-refractivity contribution in [2.75, 3.05) is 9.80 Å². The Morgan fingerprint density at radius 3 is 1.10 bits per heavy atom. The number of benzene rings is 4. The van der Waals surface area contributed by atoms with Crippen molar-refractivity contribution in [3.05, 3.63) is 132 Å². The van der Waals surface area contributed by atoms with Crippen LogP contribution in [0.2, 0.25) is 0 Å². The average molecular weight is 683 g/mol. The van der Waals surface area contributed by atoms with E-state index in [-0.39, 0.29) is 22.5 Å². The van der Waals surface area contributed by atoms with E-state index in [1.807, 2.05) is 0 Å². The van der Waals surface area contributed by atoms with Crippen molar-refractivity contribution in [1.29, 1.82) is 0 Å². The summed E-state index contributed by atoms with van der Waals surface area (Å²) in [5.74, 6) is -12.8. The van der Waals surface area contributed by atoms with E-state index in [9.17, 15) is 37.5 Å². The van der Waals surface area contributed by atoms with Crippen molar-refractivity contribution in [3.63, 3.8) is 0 Å². The van der Waals surface area contributed by atoms with Gasteiger partial charge in [-0.15, -0.1) is 0 Å². The molecular formula is C34H20F2N4O6S2. The van der Waals surface area contributed by atoms with E-state index in [4.69, 9.17) is 24.4 Å². The zero-order valence-electron chi connectivity index (χ0n) is 24.4. The topological polar surface area (TPSA) is 115 Å². The van der Waals surface area contributed by atoms with E-state index in [1.165, 1.54) is 48.5 Å². The molecule has 2 aliphatic rings. The number of nitrogens with zero attached hydrogens (tertiary/aromatic N) is 4. The zero-order valence-corrected chi connectivity index (χ0v) is 26.0. The van der Waals surface area contributed by atoms with Crippen LogP contribution in [0.3, 0.4) is 0 Å². The Labute approximate surface area is 281 Å². The lowest BCUT2D eigenvalue weighted by Crippen LogP contribution is -2.69. The van der Waals surface area contributed by atoms with E-state index in [2.05, 4.69) is 0 Å². The van der Waals surface area contributed by atoms with Crippen molar-refractivity contribution in [3.8, 4) is 0 Å². The van der Waals surface area contributed by atoms with Crippen molar-refractivity contribution in [2.24, 2.45) is 11.8 Å². The van der Waals surface area contributed by atoms with E-state index in [0.29, 0.717) is 9.80 Å². The number of anilines is 2. The molecule has 10 nitrogen and oxygen atoms in total. The molecule has 2 fully saturated rings. The van der Waals surface area contributed by atoms with Crippen LogP contribution in [0.5, 0.6) is 0 Å². The first-order chi connectivity index (χ1) is 23.0. The predicted octanol–water partition coefficient (Wildman–Crippen LogP) is 4.50. The van der Waals surface area contributed by atoms with Crippen LogP contribution in [-0.2, 0) is 19.2 Å². The highest BCUT2D eigenvalue weighted by molar-refractivity contribution is 7.81. The Morgan fingerprint density at radius 2 is 0.792 bits per heavy atom. The van der Waals surface area contributed by atoms with Gasteiger partial charge in [-0.05, 0) is 97.2 Å². The second-order valence-corrected chi connectivity index (χ2v) is 11.2. The van der Waals surface area contributed by atoms with E-state index in [0.717, 1.165) is 58.3 Å². The molecule has 4 aromatic carbocycles. The molecule has 2 atom stereocenters. The van der Waals surface area contributed by atoms with Gasteiger partial charge in [0.1, 0.15) is 23.5 Å². The summed E-state index contributed by atoms with van der Waals surface area (Å²) >= 11 is 10.9. The first kappa shape index (κ1) is 32.1. The predicted molar refractivity (Wildman–Crippen MR) is 175 cm³/mol. The maximum Gasteiger partial charge on any atom is 0.266 e. The average Bonchev–Trinajstić information content (AvgIpc) is 3.08. The van der Waals surface area contributed by atoms with Crippen LogP contribution in [0.25, 0.3) is 0 Å². The molecule has 2 saturated heterocycles. The van der Waals surface area contributed by atoms with Crippen LogP contribution >= 0.6 is 24.4 Å². The summed E-state index contributed by atoms with van der Waals surface area (Å²) < 4.78 is 27.8. The number of carbonyl (C=O) groups excluding carboxylic acids is 6. The molecule has 14 heteroatoms. The van der Waals surface area contributed by atoms with Gasteiger partial charge in [-0.25, -0.2) is 18.6 Å². The minimum Gasteiger partial charge on any atom is -0.273 e. The van der Waals surface area contributed by atoms with Crippen molar-refractivity contribution in [2.45, 2.75) is 0 Å². The molecule has 2 aliphatic heterocycles. The normalized spacial score (nSPS) is 18.5. The molecule has 48 heavy (non-hydrogen) atoms. The number of halogens is 2. The fraction of sp³-hybridized carbons (Fsp3) is 0.0588. The number of thiocarbonyl (C=S) groups is 2. The number of imide groups is 2. The van der Waals surface area contributed by atoms with Crippen molar-refractivity contribution >= 4 is 81.5 Å². The first-order valence-corrected chi connectivity index (χ1v) is 15.0. The molecule has 0 bridgehead atoms. The maximum atomic E-state index is 14.3. The summed E-state index contributed by atoms with van der Waals surface area (Å²) in [6.45, 7) is 0. The second-order valence-electron chi connectivity index (χ2n) is 10.5. The molecule has 6 amide bonds. The number of rotatable bonds is 5. The lowest BCUT2D eigenvalue weighted by molar-refractivity contribution is -0.152. The highest BCUT2D eigenvalue weighted by Crippen LogP contribution is 2.36. The van der Waals surface area contributed by atoms with Gasteiger partial charge in [0.05, 0.1) is 11.4 Å². The maximum absolute atomic E-state index is 14.3. The Bertz CT molecular complexity index is 1880. The molecule has 0 N–H and O–H groups in total. The highest BCUT2D eigenvalue weighted by atomic mass is 32.1. The lowest BCUT2D eigenvalue weighted by atomic mass is 9.84. The van der Waals surface area contributed by atoms with E-state index >= 15 is 0 Å². The molecule has 238 valence electrons. The fourth-order valence-corrected chi connectivity index (χ4v) is 6.10. The van der Waals surface area contributed by atoms with E-state index < -0.39 is 69.1 Å². The van der Waals surface area contributed by atoms with Crippen molar-refractivity contribution in [1.82, 2.24) is 9.80 Å². The fourth-order valence-electron chi connectivity index (χ4n) is 5.36. The Balaban J connectivity index is 1.53. The molecule has 0 saturated carbocycles. The third-order valence-corrected chi connectivity index (χ3v) is 8.39. The minimum absolute atomic E-state index is 0.0170. The zero-order chi connectivity index (χ0) is 34.3. The summed E-state index contributed by atoms with van der Waals surface area (Å²) in [5.41, 5.74) is -0.185. The Kier molecular flexibility index (Phi) is 8.52. The summed E-state index contributed by atoms with van der Waals surface area (Å²) in [5, 5.41) is -1.22. The van der Waals surface area contributed by atoms with Gasteiger partial charge >= 0.3 is 0 Å². The number of amides is 6. The van der Waals surface area contributed by atoms with Gasteiger partial charge in [-0.2, -0.15) is 0 Å². The minimum atomic E-state index is -2.26. The van der Waals surface area contributed by atoms with Gasteiger partial charge in [-0.1, -0.05) is 36.4 Å². The van der Waals surface area contributed by atoms with Crippen LogP contribution in [0.1, 0.15) is 20.7 Å². The standard InChI is InChI=1S/C34H20F2N4O6S2/c35-21-11-15-23(16-12-21)37-29(43)25(31(45)39(33(37)47)27(41)19-7-3-1-4-8-19)26-30(44)38(24-17-13-22(36)14-18-24)34(48)40(32(26)46)28(42)20-9-5-2-6-10-20/h1-18,25-26H. The van der Waals surface area contributed by atoms with E-state index in [1.54, 1.807) is 12.1 Å². The summed E-state index contributed by atoms with van der Waals surface area (Å²) in [4.78, 5) is 87.3. The highest BCUT2D eigenvalue weighted by Gasteiger charge is 2.59. The van der Waals surface area contributed by atoms with Crippen LogP contribution in [-0.4, -0.2) is 55.5 Å². The molecule has 0 spiro atoms. The van der Waals surface area contributed by atoms with Crippen LogP contribution in [0.15, 0.2) is 109 Å². The van der Waals surface area contributed by atoms with Gasteiger partial charge in [0.25, 0.3) is 11.8 Å². The molecule has 0 aromatic heterocycles. The van der Waals surface area contributed by atoms with Gasteiger partial charge in [0, 0.05) is 11.1 Å². The first-order valence-electron chi connectivity index (χ1n) is 14.1. The molecular weight excluding hydrogens is 663 g/mol. The lowest BCUT2D eigenvalue weighted by Gasteiger charge is -2.44. The molecule has 0 aliphatic carbocycles. The third kappa shape index (κ3) is 5.46. The van der Waals surface area contributed by atoms with Crippen molar-refractivity contribution < 1.29 is 37.5 Å². The SMILES string of the molecule is O=C(c1ccccc1)N1C(=O)C(C2C(=O)N(C(=O)c3ccccc3)C(=S)N(c3ccc(F)cc3)C2=O)C(=O)N(c2ccc(F)cc2)C1=S. The van der Waals surface area contributed by atoms with Gasteiger partial charge in [-0.3, -0.25) is 38.6 Å². The molecule has 6 rings (SSSR count). The number of carbonyl (C=O) groups is 6. The van der Waals surface area contributed by atoms with Crippen LogP contribution in [0.4, 0.5) is 20.2 Å². The smallest absolute Gasteiger partial charge is 0.266 e. The quantitative estimate of drug-likeness (QED) is 0.172. The van der Waals surface area contributed by atoms with Crippen LogP contribution in [0, 0.1) is 23.5 Å². The molecule has 2 unspecified atom stereocenters. The third-order valence-electron chi connectivity index (χ3n) is 7.66. The Morgan fingerprint density at radius 1 is 0.479 bits per heavy atom. The van der Waals surface area contributed by atoms with Gasteiger partial charge in [0.2, 0.25) is 23.6 Å². The monoisotopic (exact) mass is 682 g/mol.